The molecule has 1 saturated carbocycles. The molecule has 2 aliphatic rings. The van der Waals surface area contributed by atoms with Crippen LogP contribution in [0.4, 0.5) is 11.5 Å². The van der Waals surface area contributed by atoms with E-state index in [0.29, 0.717) is 28.8 Å². The number of para-hydroxylation sites is 1. The van der Waals surface area contributed by atoms with Gasteiger partial charge in [0.25, 0.3) is 0 Å². The van der Waals surface area contributed by atoms with Crippen molar-refractivity contribution < 1.29 is 9.84 Å². The van der Waals surface area contributed by atoms with Crippen molar-refractivity contribution in [2.24, 2.45) is 11.8 Å². The maximum absolute atomic E-state index is 10.2. The van der Waals surface area contributed by atoms with Crippen molar-refractivity contribution in [3.63, 3.8) is 0 Å². The van der Waals surface area contributed by atoms with Gasteiger partial charge in [-0.05, 0) is 43.2 Å². The normalized spacial score (nSPS) is 22.3. The number of aromatic nitrogens is 3. The molecule has 1 aliphatic heterocycles. The Morgan fingerprint density at radius 2 is 1.87 bits per heavy atom. The molecule has 5 rings (SSSR count). The number of nitrogen functional groups attached to an aromatic ring is 1. The van der Waals surface area contributed by atoms with Gasteiger partial charge < -0.3 is 20.5 Å². The number of ether oxygens (including phenoxy) is 1. The van der Waals surface area contributed by atoms with Gasteiger partial charge in [-0.25, -0.2) is 0 Å². The first-order valence-electron chi connectivity index (χ1n) is 10.5. The van der Waals surface area contributed by atoms with Crippen LogP contribution in [-0.4, -0.2) is 39.5 Å². The molecule has 3 heterocycles. The zero-order valence-electron chi connectivity index (χ0n) is 17.2. The molecule has 0 amide bonds. The van der Waals surface area contributed by atoms with Crippen molar-refractivity contribution in [1.29, 1.82) is 0 Å². The van der Waals surface area contributed by atoms with Crippen molar-refractivity contribution in [1.82, 2.24) is 15.2 Å². The summed E-state index contributed by atoms with van der Waals surface area (Å²) >= 11 is 0. The van der Waals surface area contributed by atoms with Crippen LogP contribution in [0.1, 0.15) is 18.5 Å². The SMILES string of the molecule is C=Cc1cc(N2CC3CCC(C2)C3Oc2cc(-c3ccccc3O)nnc2N)ccn1. The third-order valence-electron chi connectivity index (χ3n) is 6.32. The number of nitrogens with zero attached hydrogens (tertiary/aromatic N) is 4. The molecule has 7 heteroatoms. The summed E-state index contributed by atoms with van der Waals surface area (Å²) in [5.74, 6) is 1.75. The summed E-state index contributed by atoms with van der Waals surface area (Å²) in [5, 5.41) is 18.4. The number of piperidine rings is 1. The van der Waals surface area contributed by atoms with Gasteiger partial charge >= 0.3 is 0 Å². The number of phenolic OH excluding ortho intramolecular Hbond substituents is 1. The van der Waals surface area contributed by atoms with Gasteiger partial charge in [-0.2, -0.15) is 0 Å². The van der Waals surface area contributed by atoms with Crippen LogP contribution in [0.25, 0.3) is 17.3 Å². The first kappa shape index (κ1) is 19.4. The molecule has 7 nitrogen and oxygen atoms in total. The van der Waals surface area contributed by atoms with E-state index in [4.69, 9.17) is 10.5 Å². The highest BCUT2D eigenvalue weighted by Gasteiger charge is 2.44. The van der Waals surface area contributed by atoms with Crippen LogP contribution in [0.15, 0.2) is 55.2 Å². The Kier molecular flexibility index (Phi) is 4.94. The fourth-order valence-electron chi connectivity index (χ4n) is 4.77. The van der Waals surface area contributed by atoms with Gasteiger partial charge in [0.2, 0.25) is 0 Å². The molecule has 1 aliphatic carbocycles. The van der Waals surface area contributed by atoms with E-state index in [1.54, 1.807) is 30.3 Å². The van der Waals surface area contributed by atoms with Crippen LogP contribution >= 0.6 is 0 Å². The lowest BCUT2D eigenvalue weighted by atomic mass is 9.94. The maximum atomic E-state index is 10.2. The van der Waals surface area contributed by atoms with Gasteiger partial charge in [-0.15, -0.1) is 10.2 Å². The summed E-state index contributed by atoms with van der Waals surface area (Å²) in [6.45, 7) is 5.67. The lowest BCUT2D eigenvalue weighted by molar-refractivity contribution is 0.104. The highest BCUT2D eigenvalue weighted by atomic mass is 16.5. The van der Waals surface area contributed by atoms with Gasteiger partial charge in [0, 0.05) is 48.4 Å². The van der Waals surface area contributed by atoms with Crippen molar-refractivity contribution in [3.05, 3.63) is 60.9 Å². The molecular weight excluding hydrogens is 390 g/mol. The fraction of sp³-hybridized carbons (Fsp3) is 0.292. The molecule has 2 aromatic heterocycles. The van der Waals surface area contributed by atoms with Crippen LogP contribution in [0.2, 0.25) is 0 Å². The van der Waals surface area contributed by atoms with E-state index in [0.717, 1.165) is 31.6 Å². The summed E-state index contributed by atoms with van der Waals surface area (Å²) in [6.07, 6.45) is 5.93. The molecule has 2 unspecified atom stereocenters. The predicted molar refractivity (Wildman–Crippen MR) is 121 cm³/mol. The van der Waals surface area contributed by atoms with Crippen molar-refractivity contribution >= 4 is 17.6 Å². The Balaban J connectivity index is 1.36. The molecule has 3 N–H and O–H groups in total. The minimum Gasteiger partial charge on any atom is -0.507 e. The topological polar surface area (TPSA) is 97.4 Å². The first-order chi connectivity index (χ1) is 15.1. The standard InChI is InChI=1S/C24H25N5O2/c1-2-17-11-18(9-10-26-17)29-13-15-7-8-16(14-29)23(15)31-22-12-20(27-28-24(22)25)19-5-3-4-6-21(19)30/h2-6,9-12,15-16,23,30H,1,7-8,13-14H2,(H2,25,28). The van der Waals surface area contributed by atoms with Gasteiger partial charge in [0.15, 0.2) is 11.6 Å². The number of benzene rings is 1. The van der Waals surface area contributed by atoms with Crippen molar-refractivity contribution in [3.8, 4) is 22.8 Å². The van der Waals surface area contributed by atoms with Gasteiger partial charge in [-0.1, -0.05) is 18.7 Å². The van der Waals surface area contributed by atoms with Crippen LogP contribution in [-0.2, 0) is 0 Å². The van der Waals surface area contributed by atoms with Gasteiger partial charge in [0.05, 0.1) is 5.69 Å². The number of fused-ring (bicyclic) bond motifs is 2. The molecule has 3 aromatic rings. The lowest BCUT2D eigenvalue weighted by Crippen LogP contribution is -2.47. The molecule has 0 radical (unpaired) electrons. The monoisotopic (exact) mass is 415 g/mol. The average molecular weight is 415 g/mol. The van der Waals surface area contributed by atoms with Crippen LogP contribution < -0.4 is 15.4 Å². The molecule has 2 bridgehead atoms. The molecule has 1 saturated heterocycles. The van der Waals surface area contributed by atoms with Crippen molar-refractivity contribution in [2.45, 2.75) is 18.9 Å². The third-order valence-corrected chi connectivity index (χ3v) is 6.32. The summed E-state index contributed by atoms with van der Waals surface area (Å²) in [7, 11) is 0. The second-order valence-electron chi connectivity index (χ2n) is 8.22. The van der Waals surface area contributed by atoms with Gasteiger partial charge in [-0.3, -0.25) is 4.98 Å². The van der Waals surface area contributed by atoms with E-state index in [2.05, 4.69) is 38.8 Å². The van der Waals surface area contributed by atoms with E-state index in [1.165, 1.54) is 5.69 Å². The number of nitrogens with two attached hydrogens (primary N) is 1. The maximum Gasteiger partial charge on any atom is 0.188 e. The number of phenols is 1. The quantitative estimate of drug-likeness (QED) is 0.655. The van der Waals surface area contributed by atoms with Crippen molar-refractivity contribution in [2.75, 3.05) is 23.7 Å². The molecule has 31 heavy (non-hydrogen) atoms. The number of anilines is 2. The summed E-state index contributed by atoms with van der Waals surface area (Å²) in [4.78, 5) is 6.73. The lowest BCUT2D eigenvalue weighted by Gasteiger charge is -2.39. The minimum absolute atomic E-state index is 0.0840. The van der Waals surface area contributed by atoms with E-state index in [-0.39, 0.29) is 17.7 Å². The summed E-state index contributed by atoms with van der Waals surface area (Å²) in [6, 6.07) is 13.0. The Labute approximate surface area is 181 Å². The van der Waals surface area contributed by atoms with Crippen LogP contribution in [0, 0.1) is 11.8 Å². The number of hydrogen-bond acceptors (Lipinski definition) is 7. The Hall–Kier alpha value is -3.61. The fourth-order valence-corrected chi connectivity index (χ4v) is 4.77. The highest BCUT2D eigenvalue weighted by molar-refractivity contribution is 5.68. The minimum atomic E-state index is 0.0840. The summed E-state index contributed by atoms with van der Waals surface area (Å²) in [5.41, 5.74) is 9.30. The smallest absolute Gasteiger partial charge is 0.188 e. The third kappa shape index (κ3) is 3.67. The average Bonchev–Trinajstić information content (AvgIpc) is 3.02. The predicted octanol–water partition coefficient (Wildman–Crippen LogP) is 3.76. The van der Waals surface area contributed by atoms with E-state index < -0.39 is 0 Å². The second kappa shape index (κ2) is 7.91. The number of aromatic hydroxyl groups is 1. The molecular formula is C24H25N5O2. The zero-order chi connectivity index (χ0) is 21.4. The van der Waals surface area contributed by atoms with Gasteiger partial charge in [0.1, 0.15) is 17.5 Å². The molecule has 2 fully saturated rings. The molecule has 2 atom stereocenters. The first-order valence-corrected chi connectivity index (χ1v) is 10.5. The summed E-state index contributed by atoms with van der Waals surface area (Å²) < 4.78 is 6.44. The van der Waals surface area contributed by atoms with E-state index in [9.17, 15) is 5.11 Å². The molecule has 158 valence electrons. The van der Waals surface area contributed by atoms with E-state index >= 15 is 0 Å². The number of pyridine rings is 1. The highest BCUT2D eigenvalue weighted by Crippen LogP contribution is 2.42. The molecule has 0 spiro atoms. The number of hydrogen-bond donors (Lipinski definition) is 2. The van der Waals surface area contributed by atoms with E-state index in [1.807, 2.05) is 12.3 Å². The second-order valence-corrected chi connectivity index (χ2v) is 8.22. The number of rotatable bonds is 5. The Bertz CT molecular complexity index is 1100. The van der Waals surface area contributed by atoms with Crippen LogP contribution in [0.5, 0.6) is 11.5 Å². The molecule has 1 aromatic carbocycles. The Morgan fingerprint density at radius 3 is 2.61 bits per heavy atom. The van der Waals surface area contributed by atoms with Crippen LogP contribution in [0.3, 0.4) is 0 Å². The largest absolute Gasteiger partial charge is 0.507 e. The Morgan fingerprint density at radius 1 is 1.10 bits per heavy atom. The zero-order valence-corrected chi connectivity index (χ0v) is 17.2.